The van der Waals surface area contributed by atoms with Gasteiger partial charge in [-0.3, -0.25) is 9.69 Å². The predicted molar refractivity (Wildman–Crippen MR) is 73.0 cm³/mol. The van der Waals surface area contributed by atoms with Crippen LogP contribution in [0.3, 0.4) is 0 Å². The summed E-state index contributed by atoms with van der Waals surface area (Å²) in [6, 6.07) is 10.2. The van der Waals surface area contributed by atoms with Crippen LogP contribution in [-0.4, -0.2) is 23.9 Å². The zero-order valence-electron chi connectivity index (χ0n) is 11.2. The van der Waals surface area contributed by atoms with Crippen molar-refractivity contribution >= 4 is 5.91 Å². The van der Waals surface area contributed by atoms with Crippen LogP contribution in [-0.2, 0) is 4.79 Å². The number of amides is 1. The number of benzene rings is 1. The fraction of sp³-hybridized carbons (Fsp3) is 0.467. The van der Waals surface area contributed by atoms with E-state index >= 15 is 0 Å². The molecule has 2 rings (SSSR count). The summed E-state index contributed by atoms with van der Waals surface area (Å²) >= 11 is 0. The minimum absolute atomic E-state index is 0.0337. The Labute approximate surface area is 113 Å². The highest BCUT2D eigenvalue weighted by Gasteiger charge is 2.28. The molecule has 1 aliphatic heterocycles. The third-order valence-corrected chi connectivity index (χ3v) is 3.81. The molecule has 19 heavy (non-hydrogen) atoms. The molecule has 1 aromatic carbocycles. The lowest BCUT2D eigenvalue weighted by molar-refractivity contribution is -0.123. The van der Waals surface area contributed by atoms with Crippen LogP contribution in [0.15, 0.2) is 24.3 Å². The van der Waals surface area contributed by atoms with Gasteiger partial charge in [0.1, 0.15) is 6.04 Å². The normalized spacial score (nSPS) is 18.7. The molecule has 0 bridgehead atoms. The number of carbonyl (C=O) groups is 1. The fourth-order valence-corrected chi connectivity index (χ4v) is 2.56. The van der Waals surface area contributed by atoms with Crippen LogP contribution >= 0.6 is 0 Å². The SMILES string of the molecule is Cc1ccc(C(C#N)N2CCC(C(N)=O)CC2)cc1. The van der Waals surface area contributed by atoms with Crippen LogP contribution in [0.2, 0.25) is 0 Å². The Hall–Kier alpha value is -1.86. The van der Waals surface area contributed by atoms with E-state index in [-0.39, 0.29) is 17.9 Å². The monoisotopic (exact) mass is 257 g/mol. The van der Waals surface area contributed by atoms with Gasteiger partial charge in [-0.1, -0.05) is 29.8 Å². The average molecular weight is 257 g/mol. The Morgan fingerprint density at radius 2 is 1.95 bits per heavy atom. The van der Waals surface area contributed by atoms with Gasteiger partial charge in [0.15, 0.2) is 0 Å². The summed E-state index contributed by atoms with van der Waals surface area (Å²) in [7, 11) is 0. The number of primary amides is 1. The first kappa shape index (κ1) is 13.6. The summed E-state index contributed by atoms with van der Waals surface area (Å²) in [6.07, 6.45) is 1.50. The van der Waals surface area contributed by atoms with E-state index in [0.717, 1.165) is 31.5 Å². The molecule has 1 fully saturated rings. The third kappa shape index (κ3) is 3.12. The number of nitrogens with zero attached hydrogens (tertiary/aromatic N) is 2. The maximum Gasteiger partial charge on any atom is 0.220 e. The van der Waals surface area contributed by atoms with Crippen LogP contribution in [0.25, 0.3) is 0 Å². The van der Waals surface area contributed by atoms with E-state index < -0.39 is 0 Å². The van der Waals surface area contributed by atoms with Gasteiger partial charge in [0.25, 0.3) is 0 Å². The number of likely N-dealkylation sites (tertiary alicyclic amines) is 1. The summed E-state index contributed by atoms with van der Waals surface area (Å²) in [4.78, 5) is 13.3. The minimum Gasteiger partial charge on any atom is -0.369 e. The van der Waals surface area contributed by atoms with Crippen molar-refractivity contribution in [1.82, 2.24) is 4.90 Å². The molecular weight excluding hydrogens is 238 g/mol. The molecular formula is C15H19N3O. The standard InChI is InChI=1S/C15H19N3O/c1-11-2-4-12(5-3-11)14(10-16)18-8-6-13(7-9-18)15(17)19/h2-5,13-14H,6-9H2,1H3,(H2,17,19). The lowest BCUT2D eigenvalue weighted by atomic mass is 9.94. The molecule has 100 valence electrons. The molecule has 1 aliphatic rings. The highest BCUT2D eigenvalue weighted by atomic mass is 16.1. The molecule has 0 aromatic heterocycles. The van der Waals surface area contributed by atoms with Crippen molar-refractivity contribution in [3.05, 3.63) is 35.4 Å². The number of piperidine rings is 1. The lowest BCUT2D eigenvalue weighted by Gasteiger charge is -2.33. The van der Waals surface area contributed by atoms with Crippen LogP contribution in [0.5, 0.6) is 0 Å². The minimum atomic E-state index is -0.227. The van der Waals surface area contributed by atoms with Gasteiger partial charge in [0.2, 0.25) is 5.91 Å². The molecule has 1 amide bonds. The second-order valence-corrected chi connectivity index (χ2v) is 5.15. The Morgan fingerprint density at radius 3 is 2.42 bits per heavy atom. The third-order valence-electron chi connectivity index (χ3n) is 3.81. The van der Waals surface area contributed by atoms with Crippen LogP contribution < -0.4 is 5.73 Å². The average Bonchev–Trinajstić information content (AvgIpc) is 2.42. The molecule has 1 saturated heterocycles. The highest BCUT2D eigenvalue weighted by molar-refractivity contribution is 5.76. The zero-order chi connectivity index (χ0) is 13.8. The number of hydrogen-bond donors (Lipinski definition) is 1. The van der Waals surface area contributed by atoms with E-state index in [9.17, 15) is 10.1 Å². The summed E-state index contributed by atoms with van der Waals surface area (Å²) < 4.78 is 0. The molecule has 2 N–H and O–H groups in total. The van der Waals surface area contributed by atoms with Crippen molar-refractivity contribution < 1.29 is 4.79 Å². The number of hydrogen-bond acceptors (Lipinski definition) is 3. The molecule has 1 unspecified atom stereocenters. The molecule has 0 aliphatic carbocycles. The summed E-state index contributed by atoms with van der Waals surface area (Å²) in [5, 5.41) is 9.39. The molecule has 0 radical (unpaired) electrons. The van der Waals surface area contributed by atoms with Crippen LogP contribution in [0.4, 0.5) is 0 Å². The van der Waals surface area contributed by atoms with Gasteiger partial charge in [0, 0.05) is 19.0 Å². The Balaban J connectivity index is 2.06. The van der Waals surface area contributed by atoms with Gasteiger partial charge in [-0.25, -0.2) is 0 Å². The van der Waals surface area contributed by atoms with E-state index in [1.54, 1.807) is 0 Å². The first-order chi connectivity index (χ1) is 9.11. The van der Waals surface area contributed by atoms with Crippen LogP contribution in [0, 0.1) is 24.2 Å². The Bertz CT molecular complexity index is 481. The zero-order valence-corrected chi connectivity index (χ0v) is 11.2. The maximum absolute atomic E-state index is 11.1. The van der Waals surface area contributed by atoms with Gasteiger partial charge >= 0.3 is 0 Å². The lowest BCUT2D eigenvalue weighted by Crippen LogP contribution is -2.40. The number of nitrogens with two attached hydrogens (primary N) is 1. The van der Waals surface area contributed by atoms with Gasteiger partial charge < -0.3 is 5.73 Å². The number of carbonyl (C=O) groups excluding carboxylic acids is 1. The first-order valence-corrected chi connectivity index (χ1v) is 6.61. The topological polar surface area (TPSA) is 70.1 Å². The van der Waals surface area contributed by atoms with Gasteiger partial charge in [-0.2, -0.15) is 5.26 Å². The van der Waals surface area contributed by atoms with E-state index in [1.165, 1.54) is 5.56 Å². The van der Waals surface area contributed by atoms with Crippen molar-refractivity contribution in [2.45, 2.75) is 25.8 Å². The van der Waals surface area contributed by atoms with Gasteiger partial charge in [0.05, 0.1) is 6.07 Å². The van der Waals surface area contributed by atoms with E-state index in [4.69, 9.17) is 5.73 Å². The molecule has 0 spiro atoms. The molecule has 4 nitrogen and oxygen atoms in total. The quantitative estimate of drug-likeness (QED) is 0.897. The Morgan fingerprint density at radius 1 is 1.37 bits per heavy atom. The van der Waals surface area contributed by atoms with E-state index in [2.05, 4.69) is 11.0 Å². The predicted octanol–water partition coefficient (Wildman–Crippen LogP) is 1.76. The van der Waals surface area contributed by atoms with E-state index in [0.29, 0.717) is 0 Å². The highest BCUT2D eigenvalue weighted by Crippen LogP contribution is 2.26. The van der Waals surface area contributed by atoms with Crippen molar-refractivity contribution in [3.63, 3.8) is 0 Å². The van der Waals surface area contributed by atoms with Crippen molar-refractivity contribution in [1.29, 1.82) is 5.26 Å². The maximum atomic E-state index is 11.1. The summed E-state index contributed by atoms with van der Waals surface area (Å²) in [6.45, 7) is 3.53. The number of aryl methyl sites for hydroxylation is 1. The second-order valence-electron chi connectivity index (χ2n) is 5.15. The van der Waals surface area contributed by atoms with Crippen molar-refractivity contribution in [2.75, 3.05) is 13.1 Å². The van der Waals surface area contributed by atoms with Crippen LogP contribution in [0.1, 0.15) is 30.0 Å². The molecule has 4 heteroatoms. The van der Waals surface area contributed by atoms with Crippen molar-refractivity contribution in [3.8, 4) is 6.07 Å². The summed E-state index contributed by atoms with van der Waals surface area (Å²) in [5.74, 6) is -0.253. The van der Waals surface area contributed by atoms with Crippen molar-refractivity contribution in [2.24, 2.45) is 11.7 Å². The second kappa shape index (κ2) is 5.85. The smallest absolute Gasteiger partial charge is 0.220 e. The van der Waals surface area contributed by atoms with E-state index in [1.807, 2.05) is 31.2 Å². The largest absolute Gasteiger partial charge is 0.369 e. The fourth-order valence-electron chi connectivity index (χ4n) is 2.56. The Kier molecular flexibility index (Phi) is 4.18. The number of rotatable bonds is 3. The number of nitriles is 1. The first-order valence-electron chi connectivity index (χ1n) is 6.61. The van der Waals surface area contributed by atoms with Gasteiger partial charge in [-0.05, 0) is 25.3 Å². The molecule has 1 atom stereocenters. The molecule has 1 heterocycles. The summed E-state index contributed by atoms with van der Waals surface area (Å²) in [5.41, 5.74) is 7.53. The van der Waals surface area contributed by atoms with Gasteiger partial charge in [-0.15, -0.1) is 0 Å². The molecule has 1 aromatic rings. The molecule has 0 saturated carbocycles.